The number of benzene rings is 4. The summed E-state index contributed by atoms with van der Waals surface area (Å²) in [6, 6.07) is 27.6. The first-order valence-electron chi connectivity index (χ1n) is 12.7. The lowest BCUT2D eigenvalue weighted by Gasteiger charge is -2.12. The Bertz CT molecular complexity index is 1760. The van der Waals surface area contributed by atoms with Crippen LogP contribution in [0.1, 0.15) is 26.4 Å². The number of carbonyl (C=O) groups is 2. The van der Waals surface area contributed by atoms with E-state index in [-0.39, 0.29) is 5.75 Å². The van der Waals surface area contributed by atoms with Crippen LogP contribution in [-0.2, 0) is 0 Å². The summed E-state index contributed by atoms with van der Waals surface area (Å²) in [6.07, 6.45) is 1.44. The molecule has 5 rings (SSSR count). The summed E-state index contributed by atoms with van der Waals surface area (Å²) >= 11 is 3.44. The van der Waals surface area contributed by atoms with Crippen LogP contribution in [0, 0.1) is 0 Å². The van der Waals surface area contributed by atoms with E-state index in [1.165, 1.54) is 13.3 Å². The SMILES string of the molecule is COc1cccc(C(=O)Oc2ccc(Br)cc2C=NNC(=O)c2[nH]c3ccc(N(C)C)cc3c2-c2ccccc2)c1. The molecule has 9 heteroatoms. The molecule has 1 aromatic heterocycles. The molecule has 8 nitrogen and oxygen atoms in total. The largest absolute Gasteiger partial charge is 0.497 e. The van der Waals surface area contributed by atoms with Gasteiger partial charge in [0.05, 0.1) is 18.9 Å². The second-order valence-corrected chi connectivity index (χ2v) is 10.3. The van der Waals surface area contributed by atoms with Crippen LogP contribution in [0.4, 0.5) is 5.69 Å². The summed E-state index contributed by atoms with van der Waals surface area (Å²) in [5.41, 5.74) is 7.38. The molecule has 4 aromatic carbocycles. The monoisotopic (exact) mass is 610 g/mol. The number of amides is 1. The van der Waals surface area contributed by atoms with Gasteiger partial charge in [0.15, 0.2) is 0 Å². The molecule has 1 amide bonds. The van der Waals surface area contributed by atoms with Gasteiger partial charge in [-0.15, -0.1) is 0 Å². The number of hydrazone groups is 1. The molecular formula is C32H27BrN4O4. The number of H-pyrrole nitrogens is 1. The van der Waals surface area contributed by atoms with Crippen molar-refractivity contribution in [2.75, 3.05) is 26.1 Å². The molecule has 0 aliphatic heterocycles. The predicted octanol–water partition coefficient (Wildman–Crippen LogP) is 6.66. The van der Waals surface area contributed by atoms with Crippen molar-refractivity contribution in [2.24, 2.45) is 5.10 Å². The van der Waals surface area contributed by atoms with Crippen LogP contribution in [-0.4, -0.2) is 44.3 Å². The zero-order chi connectivity index (χ0) is 28.9. The number of methoxy groups -OCH3 is 1. The Hall–Kier alpha value is -4.89. The van der Waals surface area contributed by atoms with Crippen LogP contribution < -0.4 is 19.8 Å². The van der Waals surface area contributed by atoms with Crippen molar-refractivity contribution in [3.05, 3.63) is 112 Å². The molecule has 0 spiro atoms. The number of fused-ring (bicyclic) bond motifs is 1. The molecule has 0 atom stereocenters. The van der Waals surface area contributed by atoms with Crippen molar-refractivity contribution < 1.29 is 19.1 Å². The number of hydrogen-bond donors (Lipinski definition) is 2. The van der Waals surface area contributed by atoms with Crippen molar-refractivity contribution in [2.45, 2.75) is 0 Å². The fourth-order valence-electron chi connectivity index (χ4n) is 4.37. The molecule has 0 saturated heterocycles. The first-order chi connectivity index (χ1) is 19.8. The molecule has 41 heavy (non-hydrogen) atoms. The van der Waals surface area contributed by atoms with Gasteiger partial charge in [0.2, 0.25) is 0 Å². The number of rotatable bonds is 8. The van der Waals surface area contributed by atoms with Crippen LogP contribution >= 0.6 is 15.9 Å². The molecule has 206 valence electrons. The van der Waals surface area contributed by atoms with Gasteiger partial charge in [-0.25, -0.2) is 10.2 Å². The Morgan fingerprint density at radius 1 is 0.951 bits per heavy atom. The third-order valence-corrected chi connectivity index (χ3v) is 6.93. The molecule has 2 N–H and O–H groups in total. The van der Waals surface area contributed by atoms with E-state index in [0.717, 1.165) is 32.2 Å². The van der Waals surface area contributed by atoms with Crippen LogP contribution in [0.2, 0.25) is 0 Å². The topological polar surface area (TPSA) is 96.0 Å². The smallest absolute Gasteiger partial charge is 0.343 e. The predicted molar refractivity (Wildman–Crippen MR) is 165 cm³/mol. The minimum atomic E-state index is -0.549. The Kier molecular flexibility index (Phi) is 8.16. The van der Waals surface area contributed by atoms with Crippen LogP contribution in [0.5, 0.6) is 11.5 Å². The third-order valence-electron chi connectivity index (χ3n) is 6.44. The molecule has 0 fully saturated rings. The molecule has 0 radical (unpaired) electrons. The van der Waals surface area contributed by atoms with E-state index in [1.807, 2.05) is 61.5 Å². The first kappa shape index (κ1) is 27.7. The third kappa shape index (κ3) is 6.15. The molecule has 0 aliphatic rings. The fraction of sp³-hybridized carbons (Fsp3) is 0.0938. The molecule has 0 bridgehead atoms. The van der Waals surface area contributed by atoms with Crippen molar-refractivity contribution in [1.29, 1.82) is 0 Å². The maximum Gasteiger partial charge on any atom is 0.343 e. The zero-order valence-electron chi connectivity index (χ0n) is 22.6. The standard InChI is InChI=1S/C32H27BrN4O4/c1-37(2)24-13-14-27-26(18-24)29(20-8-5-4-6-9-20)30(35-27)31(38)36-34-19-22-16-23(33)12-15-28(22)41-32(39)21-10-7-11-25(17-21)40-3/h4-19,35H,1-3H3,(H,36,38). The van der Waals surface area contributed by atoms with E-state index in [4.69, 9.17) is 9.47 Å². The molecular weight excluding hydrogens is 584 g/mol. The number of hydrogen-bond acceptors (Lipinski definition) is 6. The van der Waals surface area contributed by atoms with Gasteiger partial charge in [-0.05, 0) is 60.2 Å². The average Bonchev–Trinajstić information content (AvgIpc) is 3.38. The highest BCUT2D eigenvalue weighted by Gasteiger charge is 2.20. The van der Waals surface area contributed by atoms with Gasteiger partial charge in [-0.2, -0.15) is 5.10 Å². The Morgan fingerprint density at radius 3 is 2.51 bits per heavy atom. The van der Waals surface area contributed by atoms with Crippen LogP contribution in [0.3, 0.4) is 0 Å². The summed E-state index contributed by atoms with van der Waals surface area (Å²) in [5.74, 6) is -0.129. The number of aromatic amines is 1. The number of aromatic nitrogens is 1. The fourth-order valence-corrected chi connectivity index (χ4v) is 4.75. The second kappa shape index (κ2) is 12.1. The van der Waals surface area contributed by atoms with E-state index in [1.54, 1.807) is 42.5 Å². The maximum atomic E-state index is 13.4. The van der Waals surface area contributed by atoms with Gasteiger partial charge in [0.25, 0.3) is 5.91 Å². The second-order valence-electron chi connectivity index (χ2n) is 9.37. The van der Waals surface area contributed by atoms with Crippen molar-refractivity contribution in [3.8, 4) is 22.6 Å². The number of esters is 1. The van der Waals surface area contributed by atoms with Crippen molar-refractivity contribution in [3.63, 3.8) is 0 Å². The maximum absolute atomic E-state index is 13.4. The molecule has 1 heterocycles. The van der Waals surface area contributed by atoms with E-state index >= 15 is 0 Å². The highest BCUT2D eigenvalue weighted by atomic mass is 79.9. The minimum Gasteiger partial charge on any atom is -0.497 e. The highest BCUT2D eigenvalue weighted by molar-refractivity contribution is 9.10. The molecule has 0 aliphatic carbocycles. The lowest BCUT2D eigenvalue weighted by atomic mass is 10.0. The van der Waals surface area contributed by atoms with Gasteiger partial charge < -0.3 is 19.4 Å². The lowest BCUT2D eigenvalue weighted by molar-refractivity contribution is 0.0733. The van der Waals surface area contributed by atoms with E-state index < -0.39 is 11.9 Å². The number of carbonyl (C=O) groups excluding carboxylic acids is 2. The van der Waals surface area contributed by atoms with Gasteiger partial charge >= 0.3 is 5.97 Å². The number of ether oxygens (including phenoxy) is 2. The normalized spacial score (nSPS) is 11.0. The van der Waals surface area contributed by atoms with E-state index in [2.05, 4.69) is 37.5 Å². The van der Waals surface area contributed by atoms with Crippen LogP contribution in [0.15, 0.2) is 101 Å². The number of nitrogens with one attached hydrogen (secondary N) is 2. The quantitative estimate of drug-likeness (QED) is 0.0887. The average molecular weight is 611 g/mol. The number of nitrogens with zero attached hydrogens (tertiary/aromatic N) is 2. The van der Waals surface area contributed by atoms with E-state index in [9.17, 15) is 9.59 Å². The number of anilines is 1. The minimum absolute atomic E-state index is 0.283. The zero-order valence-corrected chi connectivity index (χ0v) is 24.2. The van der Waals surface area contributed by atoms with Gasteiger partial charge in [-0.1, -0.05) is 52.3 Å². The summed E-state index contributed by atoms with van der Waals surface area (Å²) in [5, 5.41) is 5.12. The van der Waals surface area contributed by atoms with Gasteiger partial charge in [0.1, 0.15) is 17.2 Å². The summed E-state index contributed by atoms with van der Waals surface area (Å²) < 4.78 is 11.6. The molecule has 5 aromatic rings. The Labute approximate surface area is 245 Å². The van der Waals surface area contributed by atoms with Gasteiger partial charge in [0, 0.05) is 46.3 Å². The van der Waals surface area contributed by atoms with E-state index in [0.29, 0.717) is 22.6 Å². The lowest BCUT2D eigenvalue weighted by Crippen LogP contribution is -2.19. The summed E-state index contributed by atoms with van der Waals surface area (Å²) in [7, 11) is 5.48. The first-order valence-corrected chi connectivity index (χ1v) is 13.5. The molecule has 0 unspecified atom stereocenters. The Balaban J connectivity index is 1.42. The Morgan fingerprint density at radius 2 is 1.76 bits per heavy atom. The van der Waals surface area contributed by atoms with Crippen LogP contribution in [0.25, 0.3) is 22.0 Å². The summed E-state index contributed by atoms with van der Waals surface area (Å²) in [6.45, 7) is 0. The van der Waals surface area contributed by atoms with Crippen molar-refractivity contribution >= 4 is 50.6 Å². The highest BCUT2D eigenvalue weighted by Crippen LogP contribution is 2.34. The van der Waals surface area contributed by atoms with Crippen molar-refractivity contribution in [1.82, 2.24) is 10.4 Å². The molecule has 0 saturated carbocycles. The summed E-state index contributed by atoms with van der Waals surface area (Å²) in [4.78, 5) is 31.5. The number of halogens is 1. The van der Waals surface area contributed by atoms with Gasteiger partial charge in [-0.3, -0.25) is 4.79 Å².